The van der Waals surface area contributed by atoms with E-state index in [2.05, 4.69) is 56.3 Å². The highest BCUT2D eigenvalue weighted by Crippen LogP contribution is 2.14. The zero-order chi connectivity index (χ0) is 14.8. The van der Waals surface area contributed by atoms with Crippen LogP contribution in [0.15, 0.2) is 24.8 Å². The second-order valence-corrected chi connectivity index (χ2v) is 6.66. The van der Waals surface area contributed by atoms with E-state index in [1.54, 1.807) is 0 Å². The van der Waals surface area contributed by atoms with Crippen molar-refractivity contribution in [2.75, 3.05) is 5.32 Å². The Kier molecular flexibility index (Phi) is 4.16. The van der Waals surface area contributed by atoms with Gasteiger partial charge in [-0.15, -0.1) is 0 Å². The van der Waals surface area contributed by atoms with E-state index in [9.17, 15) is 0 Å². The van der Waals surface area contributed by atoms with Crippen LogP contribution in [0.4, 0.5) is 5.69 Å². The fourth-order valence-corrected chi connectivity index (χ4v) is 1.95. The number of hydrogen-bond donors (Lipinski definition) is 1. The summed E-state index contributed by atoms with van der Waals surface area (Å²) in [5, 5.41) is 12.1. The molecule has 0 spiro atoms. The standard InChI is InChI=1S/C15H25N5/c1-12(2)9-19-11-14(8-17-19)16-6-13-7-18-20(10-13)15(3,4)5/h7-8,10-12,16H,6,9H2,1-5H3. The van der Waals surface area contributed by atoms with E-state index in [-0.39, 0.29) is 5.54 Å². The number of hydrogen-bond acceptors (Lipinski definition) is 3. The summed E-state index contributed by atoms with van der Waals surface area (Å²) < 4.78 is 3.97. The predicted molar refractivity (Wildman–Crippen MR) is 81.6 cm³/mol. The van der Waals surface area contributed by atoms with Gasteiger partial charge >= 0.3 is 0 Å². The third-order valence-electron chi connectivity index (χ3n) is 3.01. The second-order valence-electron chi connectivity index (χ2n) is 6.66. The minimum atomic E-state index is 0.0282. The zero-order valence-corrected chi connectivity index (χ0v) is 13.1. The largest absolute Gasteiger partial charge is 0.378 e. The lowest BCUT2D eigenvalue weighted by atomic mass is 10.1. The van der Waals surface area contributed by atoms with Crippen molar-refractivity contribution in [1.29, 1.82) is 0 Å². The van der Waals surface area contributed by atoms with Crippen LogP contribution in [-0.2, 0) is 18.6 Å². The van der Waals surface area contributed by atoms with Crippen molar-refractivity contribution >= 4 is 5.69 Å². The van der Waals surface area contributed by atoms with Crippen LogP contribution in [0.1, 0.15) is 40.2 Å². The highest BCUT2D eigenvalue weighted by Gasteiger charge is 2.13. The van der Waals surface area contributed by atoms with Crippen molar-refractivity contribution in [2.24, 2.45) is 5.92 Å². The van der Waals surface area contributed by atoms with E-state index >= 15 is 0 Å². The van der Waals surface area contributed by atoms with Crippen LogP contribution in [0.2, 0.25) is 0 Å². The Morgan fingerprint density at radius 3 is 2.50 bits per heavy atom. The van der Waals surface area contributed by atoms with Crippen LogP contribution in [0.5, 0.6) is 0 Å². The molecule has 0 aliphatic heterocycles. The van der Waals surface area contributed by atoms with Gasteiger partial charge in [-0.3, -0.25) is 9.36 Å². The van der Waals surface area contributed by atoms with Crippen molar-refractivity contribution in [3.63, 3.8) is 0 Å². The van der Waals surface area contributed by atoms with Gasteiger partial charge in [-0.2, -0.15) is 10.2 Å². The second kappa shape index (κ2) is 5.69. The summed E-state index contributed by atoms with van der Waals surface area (Å²) in [6.45, 7) is 12.5. The Bertz CT molecular complexity index is 545. The average molecular weight is 275 g/mol. The molecule has 5 heteroatoms. The van der Waals surface area contributed by atoms with Gasteiger partial charge in [0.2, 0.25) is 0 Å². The van der Waals surface area contributed by atoms with Gasteiger partial charge < -0.3 is 5.32 Å². The summed E-state index contributed by atoms with van der Waals surface area (Å²) in [4.78, 5) is 0. The van der Waals surface area contributed by atoms with E-state index in [0.717, 1.165) is 18.8 Å². The summed E-state index contributed by atoms with van der Waals surface area (Å²) in [5.74, 6) is 0.604. The average Bonchev–Trinajstić information content (AvgIpc) is 2.93. The van der Waals surface area contributed by atoms with E-state index in [1.165, 1.54) is 5.56 Å². The lowest BCUT2D eigenvalue weighted by molar-refractivity contribution is 0.355. The normalized spacial score (nSPS) is 12.1. The van der Waals surface area contributed by atoms with Gasteiger partial charge in [0.15, 0.2) is 0 Å². The van der Waals surface area contributed by atoms with Crippen LogP contribution in [0.25, 0.3) is 0 Å². The molecule has 0 saturated carbocycles. The van der Waals surface area contributed by atoms with E-state index in [1.807, 2.05) is 28.0 Å². The molecule has 0 amide bonds. The first-order chi connectivity index (χ1) is 9.34. The van der Waals surface area contributed by atoms with Crippen molar-refractivity contribution in [2.45, 2.75) is 53.2 Å². The maximum Gasteiger partial charge on any atom is 0.0729 e. The number of nitrogens with zero attached hydrogens (tertiary/aromatic N) is 4. The molecule has 0 aliphatic rings. The Morgan fingerprint density at radius 2 is 1.90 bits per heavy atom. The molecule has 1 N–H and O–H groups in total. The van der Waals surface area contributed by atoms with Crippen molar-refractivity contribution < 1.29 is 0 Å². The molecular formula is C15H25N5. The van der Waals surface area contributed by atoms with Crippen LogP contribution >= 0.6 is 0 Å². The van der Waals surface area contributed by atoms with Crippen LogP contribution < -0.4 is 5.32 Å². The van der Waals surface area contributed by atoms with Crippen molar-refractivity contribution in [1.82, 2.24) is 19.6 Å². The highest BCUT2D eigenvalue weighted by atomic mass is 15.3. The molecule has 0 atom stereocenters. The maximum atomic E-state index is 4.40. The monoisotopic (exact) mass is 275 g/mol. The van der Waals surface area contributed by atoms with E-state index in [4.69, 9.17) is 0 Å². The van der Waals surface area contributed by atoms with Crippen molar-refractivity contribution in [3.8, 4) is 0 Å². The molecule has 2 heterocycles. The number of nitrogens with one attached hydrogen (secondary N) is 1. The molecule has 20 heavy (non-hydrogen) atoms. The summed E-state index contributed by atoms with van der Waals surface area (Å²) in [6.07, 6.45) is 7.92. The van der Waals surface area contributed by atoms with Gasteiger partial charge in [0.1, 0.15) is 0 Å². The topological polar surface area (TPSA) is 47.7 Å². The molecule has 0 unspecified atom stereocenters. The smallest absolute Gasteiger partial charge is 0.0729 e. The van der Waals surface area contributed by atoms with E-state index < -0.39 is 0 Å². The van der Waals surface area contributed by atoms with Gasteiger partial charge in [-0.25, -0.2) is 0 Å². The van der Waals surface area contributed by atoms with Gasteiger partial charge in [0, 0.05) is 31.0 Å². The first-order valence-electron chi connectivity index (χ1n) is 7.15. The fourth-order valence-electron chi connectivity index (χ4n) is 1.95. The molecule has 5 nitrogen and oxygen atoms in total. The Balaban J connectivity index is 1.92. The Labute approximate surface area is 121 Å². The zero-order valence-electron chi connectivity index (χ0n) is 13.1. The molecule has 0 aliphatic carbocycles. The highest BCUT2D eigenvalue weighted by molar-refractivity contribution is 5.38. The fraction of sp³-hybridized carbons (Fsp3) is 0.600. The Morgan fingerprint density at radius 1 is 1.15 bits per heavy atom. The van der Waals surface area contributed by atoms with E-state index in [0.29, 0.717) is 5.92 Å². The summed E-state index contributed by atoms with van der Waals surface area (Å²) >= 11 is 0. The molecule has 2 rings (SSSR count). The quantitative estimate of drug-likeness (QED) is 0.912. The molecule has 0 aromatic carbocycles. The maximum absolute atomic E-state index is 4.40. The molecule has 2 aromatic rings. The van der Waals surface area contributed by atoms with Gasteiger partial charge in [-0.05, 0) is 26.7 Å². The van der Waals surface area contributed by atoms with Crippen molar-refractivity contribution in [3.05, 3.63) is 30.4 Å². The van der Waals surface area contributed by atoms with Gasteiger partial charge in [0.25, 0.3) is 0 Å². The van der Waals surface area contributed by atoms with Crippen LogP contribution in [0.3, 0.4) is 0 Å². The summed E-state index contributed by atoms with van der Waals surface area (Å²) in [5.41, 5.74) is 2.26. The number of anilines is 1. The number of aromatic nitrogens is 4. The third-order valence-corrected chi connectivity index (χ3v) is 3.01. The van der Waals surface area contributed by atoms with Crippen LogP contribution in [-0.4, -0.2) is 19.6 Å². The lowest BCUT2D eigenvalue weighted by Gasteiger charge is -2.18. The molecule has 0 bridgehead atoms. The van der Waals surface area contributed by atoms with Crippen LogP contribution in [0, 0.1) is 5.92 Å². The minimum Gasteiger partial charge on any atom is -0.378 e. The molecular weight excluding hydrogens is 250 g/mol. The molecule has 110 valence electrons. The molecule has 0 saturated heterocycles. The number of rotatable bonds is 5. The van der Waals surface area contributed by atoms with Gasteiger partial charge in [-0.1, -0.05) is 13.8 Å². The lowest BCUT2D eigenvalue weighted by Crippen LogP contribution is -2.21. The summed E-state index contributed by atoms with van der Waals surface area (Å²) in [6, 6.07) is 0. The molecule has 0 radical (unpaired) electrons. The van der Waals surface area contributed by atoms with Gasteiger partial charge in [0.05, 0.1) is 23.6 Å². The first kappa shape index (κ1) is 14.6. The SMILES string of the molecule is CC(C)Cn1cc(NCc2cnn(C(C)(C)C)c2)cn1. The molecule has 0 fully saturated rings. The Hall–Kier alpha value is -1.78. The molecule has 2 aromatic heterocycles. The summed E-state index contributed by atoms with van der Waals surface area (Å²) in [7, 11) is 0. The first-order valence-corrected chi connectivity index (χ1v) is 7.15. The third kappa shape index (κ3) is 3.85. The minimum absolute atomic E-state index is 0.0282. The predicted octanol–water partition coefficient (Wildman–Crippen LogP) is 3.10.